The molecule has 1 fully saturated rings. The van der Waals surface area contributed by atoms with Crippen molar-refractivity contribution in [2.24, 2.45) is 0 Å². The van der Waals surface area contributed by atoms with Gasteiger partial charge in [-0.15, -0.1) is 0 Å². The molecule has 4 rings (SSSR count). The van der Waals surface area contributed by atoms with Crippen molar-refractivity contribution in [3.8, 4) is 0 Å². The van der Waals surface area contributed by atoms with Gasteiger partial charge in [0, 0.05) is 32.2 Å². The SMILES string of the molecule is Cc1ccc(S(=O)(=O)N2CCCN(c3ccc([N+](=O)[O-])c4nonc34)CC2)cc1. The van der Waals surface area contributed by atoms with Gasteiger partial charge in [0.25, 0.3) is 0 Å². The molecule has 10 nitrogen and oxygen atoms in total. The van der Waals surface area contributed by atoms with Crippen LogP contribution >= 0.6 is 0 Å². The molecule has 2 aromatic carbocycles. The molecule has 11 heteroatoms. The molecule has 0 aliphatic carbocycles. The van der Waals surface area contributed by atoms with Crippen molar-refractivity contribution in [3.05, 3.63) is 52.1 Å². The van der Waals surface area contributed by atoms with Gasteiger partial charge in [0.1, 0.15) is 0 Å². The molecule has 0 saturated carbocycles. The maximum absolute atomic E-state index is 13.0. The first-order chi connectivity index (χ1) is 13.9. The molecule has 0 atom stereocenters. The Morgan fingerprint density at radius 1 is 1.00 bits per heavy atom. The zero-order valence-corrected chi connectivity index (χ0v) is 16.5. The molecule has 0 spiro atoms. The number of non-ortho nitro benzene ring substituents is 1. The Kier molecular flexibility index (Phi) is 4.92. The summed E-state index contributed by atoms with van der Waals surface area (Å²) in [5.74, 6) is 0. The first kappa shape index (κ1) is 19.3. The van der Waals surface area contributed by atoms with Crippen molar-refractivity contribution >= 4 is 32.4 Å². The Morgan fingerprint density at radius 3 is 2.45 bits per heavy atom. The summed E-state index contributed by atoms with van der Waals surface area (Å²) in [4.78, 5) is 12.9. The maximum Gasteiger partial charge on any atom is 0.300 e. The molecule has 152 valence electrons. The monoisotopic (exact) mass is 417 g/mol. The molecule has 29 heavy (non-hydrogen) atoms. The Hall–Kier alpha value is -3.05. The van der Waals surface area contributed by atoms with Gasteiger partial charge in [-0.3, -0.25) is 10.1 Å². The number of fused-ring (bicyclic) bond motifs is 1. The fourth-order valence-electron chi connectivity index (χ4n) is 3.48. The van der Waals surface area contributed by atoms with E-state index in [2.05, 4.69) is 10.3 Å². The van der Waals surface area contributed by atoms with E-state index < -0.39 is 14.9 Å². The van der Waals surface area contributed by atoms with Crippen LogP contribution in [-0.4, -0.2) is 54.1 Å². The largest absolute Gasteiger partial charge is 0.368 e. The van der Waals surface area contributed by atoms with Gasteiger partial charge < -0.3 is 4.90 Å². The summed E-state index contributed by atoms with van der Waals surface area (Å²) in [5.41, 5.74) is 1.84. The van der Waals surface area contributed by atoms with Gasteiger partial charge in [-0.1, -0.05) is 17.7 Å². The van der Waals surface area contributed by atoms with Crippen LogP contribution in [0.3, 0.4) is 0 Å². The van der Waals surface area contributed by atoms with E-state index in [0.717, 1.165) is 5.56 Å². The number of rotatable bonds is 4. The van der Waals surface area contributed by atoms with E-state index >= 15 is 0 Å². The number of hydrogen-bond acceptors (Lipinski definition) is 8. The van der Waals surface area contributed by atoms with Crippen LogP contribution in [0.25, 0.3) is 11.0 Å². The normalized spacial score (nSPS) is 16.1. The fourth-order valence-corrected chi connectivity index (χ4v) is 4.95. The molecule has 1 aliphatic rings. The van der Waals surface area contributed by atoms with E-state index in [1.54, 1.807) is 30.3 Å². The summed E-state index contributed by atoms with van der Waals surface area (Å²) in [6.07, 6.45) is 0.606. The number of nitro benzene ring substituents is 1. The molecule has 2 heterocycles. The van der Waals surface area contributed by atoms with Crippen molar-refractivity contribution in [3.63, 3.8) is 0 Å². The Balaban J connectivity index is 1.59. The lowest BCUT2D eigenvalue weighted by atomic mass is 10.2. The second-order valence-corrected chi connectivity index (χ2v) is 8.82. The lowest BCUT2D eigenvalue weighted by Gasteiger charge is -2.23. The summed E-state index contributed by atoms with van der Waals surface area (Å²) in [7, 11) is -3.59. The highest BCUT2D eigenvalue weighted by Crippen LogP contribution is 2.32. The molecule has 0 bridgehead atoms. The lowest BCUT2D eigenvalue weighted by Crippen LogP contribution is -2.35. The van der Waals surface area contributed by atoms with Crippen LogP contribution in [0.15, 0.2) is 45.9 Å². The first-order valence-corrected chi connectivity index (χ1v) is 10.5. The van der Waals surface area contributed by atoms with Crippen molar-refractivity contribution in [1.82, 2.24) is 14.6 Å². The molecule has 0 unspecified atom stereocenters. The van der Waals surface area contributed by atoms with E-state index in [-0.39, 0.29) is 16.1 Å². The maximum atomic E-state index is 13.0. The summed E-state index contributed by atoms with van der Waals surface area (Å²) in [6, 6.07) is 9.77. The Morgan fingerprint density at radius 2 is 1.72 bits per heavy atom. The Labute approximate surface area is 166 Å². The highest BCUT2D eigenvalue weighted by atomic mass is 32.2. The number of sulfonamides is 1. The number of hydrogen-bond donors (Lipinski definition) is 0. The third kappa shape index (κ3) is 3.54. The van der Waals surface area contributed by atoms with Gasteiger partial charge in [0.05, 0.1) is 15.5 Å². The second-order valence-electron chi connectivity index (χ2n) is 6.88. The molecule has 0 N–H and O–H groups in total. The average molecular weight is 417 g/mol. The Bertz CT molecular complexity index is 1160. The highest BCUT2D eigenvalue weighted by molar-refractivity contribution is 7.89. The third-order valence-electron chi connectivity index (χ3n) is 5.02. The number of aromatic nitrogens is 2. The van der Waals surface area contributed by atoms with E-state index in [4.69, 9.17) is 4.63 Å². The quantitative estimate of drug-likeness (QED) is 0.468. The van der Waals surface area contributed by atoms with Gasteiger partial charge in [0.15, 0.2) is 5.52 Å². The minimum Gasteiger partial charge on any atom is -0.368 e. The van der Waals surface area contributed by atoms with E-state index in [9.17, 15) is 18.5 Å². The van der Waals surface area contributed by atoms with Gasteiger partial charge in [0.2, 0.25) is 15.5 Å². The zero-order chi connectivity index (χ0) is 20.6. The predicted octanol–water partition coefficient (Wildman–Crippen LogP) is 2.34. The van der Waals surface area contributed by atoms with Crippen LogP contribution in [0.4, 0.5) is 11.4 Å². The molecule has 1 aromatic heterocycles. The average Bonchev–Trinajstić information content (AvgIpc) is 3.04. The second kappa shape index (κ2) is 7.41. The lowest BCUT2D eigenvalue weighted by molar-refractivity contribution is -0.383. The molecule has 1 aliphatic heterocycles. The van der Waals surface area contributed by atoms with Crippen LogP contribution in [-0.2, 0) is 10.0 Å². The van der Waals surface area contributed by atoms with E-state index in [1.807, 2.05) is 11.8 Å². The van der Waals surface area contributed by atoms with Crippen molar-refractivity contribution in [1.29, 1.82) is 0 Å². The number of nitro groups is 1. The summed E-state index contributed by atoms with van der Waals surface area (Å²) < 4.78 is 32.2. The molecule has 1 saturated heterocycles. The van der Waals surface area contributed by atoms with E-state index in [0.29, 0.717) is 43.8 Å². The topological polar surface area (TPSA) is 123 Å². The van der Waals surface area contributed by atoms with Gasteiger partial charge in [-0.05, 0) is 41.9 Å². The van der Waals surface area contributed by atoms with Gasteiger partial charge in [-0.25, -0.2) is 13.0 Å². The van der Waals surface area contributed by atoms with Crippen LogP contribution < -0.4 is 4.90 Å². The number of aryl methyl sites for hydroxylation is 1. The zero-order valence-electron chi connectivity index (χ0n) is 15.7. The standard InChI is InChI=1S/C18H19N5O5S/c1-13-3-5-14(6-4-13)29(26,27)22-10-2-9-21(11-12-22)15-7-8-16(23(24)25)18-17(15)19-28-20-18/h3-8H,2,9-12H2,1H3. The highest BCUT2D eigenvalue weighted by Gasteiger charge is 2.29. The predicted molar refractivity (Wildman–Crippen MR) is 105 cm³/mol. The molecule has 3 aromatic rings. The minimum atomic E-state index is -3.59. The summed E-state index contributed by atoms with van der Waals surface area (Å²) in [6.45, 7) is 3.59. The van der Waals surface area contributed by atoms with Crippen molar-refractivity contribution in [2.45, 2.75) is 18.2 Å². The van der Waals surface area contributed by atoms with Crippen LogP contribution in [0, 0.1) is 17.0 Å². The molecular formula is C18H19N5O5S. The fraction of sp³-hybridized carbons (Fsp3) is 0.333. The number of nitrogens with zero attached hydrogens (tertiary/aromatic N) is 5. The first-order valence-electron chi connectivity index (χ1n) is 9.09. The number of benzene rings is 2. The molecule has 0 amide bonds. The van der Waals surface area contributed by atoms with Crippen molar-refractivity contribution in [2.75, 3.05) is 31.1 Å². The summed E-state index contributed by atoms with van der Waals surface area (Å²) >= 11 is 0. The van der Waals surface area contributed by atoms with Crippen molar-refractivity contribution < 1.29 is 18.0 Å². The number of anilines is 1. The van der Waals surface area contributed by atoms with Crippen LogP contribution in [0.1, 0.15) is 12.0 Å². The molecular weight excluding hydrogens is 398 g/mol. The smallest absolute Gasteiger partial charge is 0.300 e. The third-order valence-corrected chi connectivity index (χ3v) is 6.94. The van der Waals surface area contributed by atoms with E-state index in [1.165, 1.54) is 10.4 Å². The minimum absolute atomic E-state index is 0.0841. The van der Waals surface area contributed by atoms with Gasteiger partial charge >= 0.3 is 5.69 Å². The van der Waals surface area contributed by atoms with Crippen LogP contribution in [0.5, 0.6) is 0 Å². The van der Waals surface area contributed by atoms with Gasteiger partial charge in [-0.2, -0.15) is 4.31 Å². The van der Waals surface area contributed by atoms with Crippen LogP contribution in [0.2, 0.25) is 0 Å². The molecule has 0 radical (unpaired) electrons. The summed E-state index contributed by atoms with van der Waals surface area (Å²) in [5, 5.41) is 18.7.